The van der Waals surface area contributed by atoms with Crippen LogP contribution in [0.25, 0.3) is 0 Å². The van der Waals surface area contributed by atoms with E-state index in [9.17, 15) is 18.0 Å². The lowest BCUT2D eigenvalue weighted by Crippen LogP contribution is -2.53. The molecule has 36 heavy (non-hydrogen) atoms. The minimum absolute atomic E-state index is 0.00826. The van der Waals surface area contributed by atoms with Crippen molar-refractivity contribution in [3.05, 3.63) is 63.1 Å². The van der Waals surface area contributed by atoms with Crippen LogP contribution in [0.5, 0.6) is 0 Å². The van der Waals surface area contributed by atoms with Crippen LogP contribution < -0.4 is 5.32 Å². The second-order valence-corrected chi connectivity index (χ2v) is 12.1. The van der Waals surface area contributed by atoms with E-state index in [2.05, 4.69) is 5.32 Å². The van der Waals surface area contributed by atoms with Gasteiger partial charge in [0.1, 0.15) is 6.04 Å². The summed E-state index contributed by atoms with van der Waals surface area (Å²) in [6, 6.07) is 9.94. The minimum atomic E-state index is -3.97. The normalized spacial score (nSPS) is 15.2. The zero-order valence-corrected chi connectivity index (χ0v) is 23.3. The molecule has 2 aromatic rings. The van der Waals surface area contributed by atoms with Crippen molar-refractivity contribution in [3.8, 4) is 0 Å². The number of amides is 2. The number of nitrogens with one attached hydrogen (secondary N) is 1. The maximum absolute atomic E-state index is 13.6. The van der Waals surface area contributed by atoms with Crippen LogP contribution in [-0.2, 0) is 26.2 Å². The molecule has 196 valence electrons. The largest absolute Gasteiger partial charge is 0.352 e. The third-order valence-corrected chi connectivity index (χ3v) is 9.14. The number of hydrogen-bond donors (Lipinski definition) is 1. The Labute approximate surface area is 227 Å². The number of nitrogens with zero attached hydrogens (tertiary/aromatic N) is 2. The Morgan fingerprint density at radius 3 is 2.17 bits per heavy atom. The first-order valence-electron chi connectivity index (χ1n) is 11.8. The lowest BCUT2D eigenvalue weighted by molar-refractivity contribution is -0.141. The molecule has 2 aromatic carbocycles. The van der Waals surface area contributed by atoms with Crippen molar-refractivity contribution in [2.75, 3.05) is 13.6 Å². The summed E-state index contributed by atoms with van der Waals surface area (Å²) in [6.07, 6.45) is 4.23. The first-order chi connectivity index (χ1) is 17.0. The van der Waals surface area contributed by atoms with Gasteiger partial charge in [-0.05, 0) is 55.7 Å². The Morgan fingerprint density at radius 1 is 1.03 bits per heavy atom. The predicted molar refractivity (Wildman–Crippen MR) is 143 cm³/mol. The monoisotopic (exact) mass is 573 g/mol. The van der Waals surface area contributed by atoms with E-state index in [4.69, 9.17) is 34.8 Å². The topological polar surface area (TPSA) is 86.8 Å². The summed E-state index contributed by atoms with van der Waals surface area (Å²) in [6.45, 7) is 1.30. The van der Waals surface area contributed by atoms with Gasteiger partial charge in [-0.2, -0.15) is 4.31 Å². The van der Waals surface area contributed by atoms with E-state index in [0.717, 1.165) is 30.0 Å². The Bertz CT molecular complexity index is 1170. The summed E-state index contributed by atoms with van der Waals surface area (Å²) in [7, 11) is -2.65. The molecule has 1 atom stereocenters. The standard InChI is InChI=1S/C25H30Cl3N3O4S/c1-3-23(25(33)29-18-7-4-5-8-18)31(15-20-21(27)9-6-10-22(20)28)24(32)16-30(2)36(34,35)19-13-11-17(26)12-14-19/h6,9-14,18,23H,3-5,7-8,15-16H2,1-2H3,(H,29,33)/t23-/m0/s1. The number of carbonyl (C=O) groups excluding carboxylic acids is 2. The van der Waals surface area contributed by atoms with Crippen molar-refractivity contribution >= 4 is 56.6 Å². The van der Waals surface area contributed by atoms with Crippen LogP contribution in [-0.4, -0.2) is 55.1 Å². The van der Waals surface area contributed by atoms with Crippen LogP contribution in [0.15, 0.2) is 47.4 Å². The van der Waals surface area contributed by atoms with Gasteiger partial charge < -0.3 is 10.2 Å². The number of benzene rings is 2. The molecule has 11 heteroatoms. The van der Waals surface area contributed by atoms with Crippen molar-refractivity contribution in [2.24, 2.45) is 0 Å². The van der Waals surface area contributed by atoms with E-state index >= 15 is 0 Å². The summed E-state index contributed by atoms with van der Waals surface area (Å²) < 4.78 is 27.1. The molecule has 0 aliphatic heterocycles. The van der Waals surface area contributed by atoms with Gasteiger partial charge >= 0.3 is 0 Å². The molecule has 0 radical (unpaired) electrons. The van der Waals surface area contributed by atoms with Crippen molar-refractivity contribution < 1.29 is 18.0 Å². The maximum Gasteiger partial charge on any atom is 0.243 e. The molecule has 7 nitrogen and oxygen atoms in total. The molecule has 0 bridgehead atoms. The summed E-state index contributed by atoms with van der Waals surface area (Å²) >= 11 is 18.6. The summed E-state index contributed by atoms with van der Waals surface area (Å²) in [5, 5.41) is 4.16. The number of halogens is 3. The fourth-order valence-electron chi connectivity index (χ4n) is 4.29. The van der Waals surface area contributed by atoms with Crippen LogP contribution in [0.3, 0.4) is 0 Å². The van der Waals surface area contributed by atoms with Gasteiger partial charge in [-0.25, -0.2) is 8.42 Å². The Morgan fingerprint density at radius 2 is 1.61 bits per heavy atom. The van der Waals surface area contributed by atoms with Crippen LogP contribution in [0.2, 0.25) is 15.1 Å². The third-order valence-electron chi connectivity index (χ3n) is 6.36. The lowest BCUT2D eigenvalue weighted by atomic mass is 10.1. The second kappa shape index (κ2) is 12.6. The molecule has 2 amide bonds. The van der Waals surface area contributed by atoms with E-state index in [1.165, 1.54) is 36.2 Å². The van der Waals surface area contributed by atoms with E-state index < -0.39 is 28.5 Å². The van der Waals surface area contributed by atoms with E-state index in [0.29, 0.717) is 27.1 Å². The molecular formula is C25H30Cl3N3O4S. The minimum Gasteiger partial charge on any atom is -0.352 e. The van der Waals surface area contributed by atoms with Crippen LogP contribution >= 0.6 is 34.8 Å². The predicted octanol–water partition coefficient (Wildman–Crippen LogP) is 5.13. The van der Waals surface area contributed by atoms with Gasteiger partial charge in [0.05, 0.1) is 11.4 Å². The lowest BCUT2D eigenvalue weighted by Gasteiger charge is -2.33. The fraction of sp³-hybridized carbons (Fsp3) is 0.440. The van der Waals surface area contributed by atoms with Crippen molar-refractivity contribution in [1.82, 2.24) is 14.5 Å². The number of sulfonamides is 1. The smallest absolute Gasteiger partial charge is 0.243 e. The summed E-state index contributed by atoms with van der Waals surface area (Å²) in [4.78, 5) is 28.2. The zero-order valence-electron chi connectivity index (χ0n) is 20.2. The maximum atomic E-state index is 13.6. The molecule has 0 spiro atoms. The second-order valence-electron chi connectivity index (χ2n) is 8.85. The van der Waals surface area contributed by atoms with Gasteiger partial charge in [-0.3, -0.25) is 9.59 Å². The van der Waals surface area contributed by atoms with Crippen molar-refractivity contribution in [1.29, 1.82) is 0 Å². The highest BCUT2D eigenvalue weighted by Crippen LogP contribution is 2.28. The molecule has 3 rings (SSSR count). The molecule has 0 unspecified atom stereocenters. The van der Waals surface area contributed by atoms with Gasteiger partial charge in [0, 0.05) is 40.3 Å². The highest BCUT2D eigenvalue weighted by atomic mass is 35.5. The van der Waals surface area contributed by atoms with Crippen LogP contribution in [0, 0.1) is 0 Å². The summed E-state index contributed by atoms with van der Waals surface area (Å²) in [5.74, 6) is -0.816. The first kappa shape index (κ1) is 28.7. The highest BCUT2D eigenvalue weighted by molar-refractivity contribution is 7.89. The quantitative estimate of drug-likeness (QED) is 0.426. The molecule has 0 heterocycles. The zero-order chi connectivity index (χ0) is 26.5. The van der Waals surface area contributed by atoms with Gasteiger partial charge in [0.2, 0.25) is 21.8 Å². The fourth-order valence-corrected chi connectivity index (χ4v) is 6.06. The number of rotatable bonds is 10. The van der Waals surface area contributed by atoms with Gasteiger partial charge in [0.15, 0.2) is 0 Å². The van der Waals surface area contributed by atoms with Crippen LogP contribution in [0.1, 0.15) is 44.6 Å². The Hall–Kier alpha value is -1.84. The summed E-state index contributed by atoms with van der Waals surface area (Å²) in [5.41, 5.74) is 0.490. The molecule has 0 saturated heterocycles. The molecule has 1 aliphatic rings. The van der Waals surface area contributed by atoms with E-state index in [1.807, 2.05) is 6.92 Å². The first-order valence-corrected chi connectivity index (χ1v) is 14.4. The van der Waals surface area contributed by atoms with Gasteiger partial charge in [-0.15, -0.1) is 0 Å². The average Bonchev–Trinajstić information content (AvgIpc) is 3.34. The molecule has 0 aromatic heterocycles. The number of carbonyl (C=O) groups is 2. The molecule has 1 saturated carbocycles. The molecular weight excluding hydrogens is 545 g/mol. The number of hydrogen-bond acceptors (Lipinski definition) is 4. The highest BCUT2D eigenvalue weighted by Gasteiger charge is 2.33. The van der Waals surface area contributed by atoms with Crippen LogP contribution in [0.4, 0.5) is 0 Å². The SMILES string of the molecule is CC[C@@H](C(=O)NC1CCCC1)N(Cc1c(Cl)cccc1Cl)C(=O)CN(C)S(=O)(=O)c1ccc(Cl)cc1. The van der Waals surface area contributed by atoms with Crippen molar-refractivity contribution in [3.63, 3.8) is 0 Å². The van der Waals surface area contributed by atoms with Crippen molar-refractivity contribution in [2.45, 2.75) is 62.6 Å². The van der Waals surface area contributed by atoms with Gasteiger partial charge in [-0.1, -0.05) is 60.6 Å². The molecule has 1 fully saturated rings. The average molecular weight is 575 g/mol. The third kappa shape index (κ3) is 6.92. The molecule has 1 N–H and O–H groups in total. The Balaban J connectivity index is 1.88. The van der Waals surface area contributed by atoms with E-state index in [-0.39, 0.29) is 23.4 Å². The number of likely N-dealkylation sites (N-methyl/N-ethyl adjacent to an activating group) is 1. The van der Waals surface area contributed by atoms with Gasteiger partial charge in [0.25, 0.3) is 0 Å². The van der Waals surface area contributed by atoms with E-state index in [1.54, 1.807) is 18.2 Å². The Kier molecular flexibility index (Phi) is 10.1. The molecule has 1 aliphatic carbocycles.